The standard InChI is InChI=1S/C8H7F2N3/c9-7(10)8(12-13-8)5-1-3-6(11)4-2-5/h1-4,7H,11H2. The van der Waals surface area contributed by atoms with Gasteiger partial charge in [-0.3, -0.25) is 0 Å². The van der Waals surface area contributed by atoms with Gasteiger partial charge in [0.05, 0.1) is 0 Å². The number of anilines is 1. The van der Waals surface area contributed by atoms with Gasteiger partial charge in [0.15, 0.2) is 0 Å². The Bertz CT molecular complexity index is 339. The summed E-state index contributed by atoms with van der Waals surface area (Å²) in [6, 6.07) is 6.15. The second-order valence-corrected chi connectivity index (χ2v) is 2.85. The Balaban J connectivity index is 2.31. The van der Waals surface area contributed by atoms with E-state index >= 15 is 0 Å². The van der Waals surface area contributed by atoms with E-state index in [4.69, 9.17) is 5.73 Å². The molecule has 0 aliphatic carbocycles. The monoisotopic (exact) mass is 183 g/mol. The molecule has 0 amide bonds. The molecular weight excluding hydrogens is 176 g/mol. The molecule has 5 heteroatoms. The number of nitrogens with two attached hydrogens (primary N) is 1. The molecule has 0 radical (unpaired) electrons. The summed E-state index contributed by atoms with van der Waals surface area (Å²) in [7, 11) is 0. The van der Waals surface area contributed by atoms with Crippen molar-refractivity contribution < 1.29 is 8.78 Å². The van der Waals surface area contributed by atoms with Crippen molar-refractivity contribution in [3.8, 4) is 0 Å². The lowest BCUT2D eigenvalue weighted by molar-refractivity contribution is 0.0930. The van der Waals surface area contributed by atoms with Crippen molar-refractivity contribution in [3.63, 3.8) is 0 Å². The molecule has 0 atom stereocenters. The minimum absolute atomic E-state index is 0.386. The van der Waals surface area contributed by atoms with E-state index in [1.807, 2.05) is 0 Å². The SMILES string of the molecule is Nc1ccc(C2(C(F)F)N=N2)cc1. The van der Waals surface area contributed by atoms with Gasteiger partial charge in [-0.15, -0.1) is 10.2 Å². The first kappa shape index (κ1) is 8.10. The van der Waals surface area contributed by atoms with Gasteiger partial charge in [0.25, 0.3) is 12.1 Å². The van der Waals surface area contributed by atoms with Crippen molar-refractivity contribution in [3.05, 3.63) is 29.8 Å². The van der Waals surface area contributed by atoms with E-state index in [2.05, 4.69) is 10.2 Å². The Hall–Kier alpha value is -1.52. The Morgan fingerprint density at radius 1 is 1.15 bits per heavy atom. The number of rotatable bonds is 2. The van der Waals surface area contributed by atoms with Crippen LogP contribution in [0, 0.1) is 0 Å². The fraction of sp³-hybridized carbons (Fsp3) is 0.250. The fourth-order valence-corrected chi connectivity index (χ4v) is 1.11. The van der Waals surface area contributed by atoms with Gasteiger partial charge in [-0.25, -0.2) is 8.78 Å². The number of nitrogens with zero attached hydrogens (tertiary/aromatic N) is 2. The van der Waals surface area contributed by atoms with Gasteiger partial charge in [-0.2, -0.15) is 0 Å². The number of halogens is 2. The zero-order valence-corrected chi connectivity index (χ0v) is 6.61. The van der Waals surface area contributed by atoms with Crippen LogP contribution in [0.1, 0.15) is 5.56 Å². The Kier molecular flexibility index (Phi) is 1.55. The van der Waals surface area contributed by atoms with Crippen LogP contribution in [-0.4, -0.2) is 6.43 Å². The molecule has 2 N–H and O–H groups in total. The first-order valence-corrected chi connectivity index (χ1v) is 3.73. The molecule has 13 heavy (non-hydrogen) atoms. The Morgan fingerprint density at radius 2 is 1.69 bits per heavy atom. The third kappa shape index (κ3) is 1.16. The summed E-state index contributed by atoms with van der Waals surface area (Å²) in [6.07, 6.45) is -2.59. The predicted octanol–water partition coefficient (Wildman–Crippen LogP) is 2.15. The molecule has 0 spiro atoms. The second kappa shape index (κ2) is 2.48. The molecular formula is C8H7F2N3. The van der Waals surface area contributed by atoms with E-state index in [1.54, 1.807) is 12.1 Å². The zero-order valence-electron chi connectivity index (χ0n) is 6.61. The molecule has 2 rings (SSSR count). The minimum atomic E-state index is -2.59. The molecule has 1 aliphatic heterocycles. The van der Waals surface area contributed by atoms with Gasteiger partial charge < -0.3 is 5.73 Å². The van der Waals surface area contributed by atoms with E-state index in [9.17, 15) is 8.78 Å². The van der Waals surface area contributed by atoms with Crippen LogP contribution in [0.2, 0.25) is 0 Å². The lowest BCUT2D eigenvalue weighted by Gasteiger charge is -2.08. The molecule has 0 saturated heterocycles. The summed E-state index contributed by atoms with van der Waals surface area (Å²) in [6.45, 7) is 0. The lowest BCUT2D eigenvalue weighted by atomic mass is 10.0. The molecule has 0 unspecified atom stereocenters. The van der Waals surface area contributed by atoms with Crippen LogP contribution in [0.15, 0.2) is 34.5 Å². The molecule has 0 bridgehead atoms. The van der Waals surface area contributed by atoms with Crippen molar-refractivity contribution in [2.75, 3.05) is 5.73 Å². The smallest absolute Gasteiger partial charge is 0.291 e. The molecule has 1 aliphatic rings. The van der Waals surface area contributed by atoms with Crippen LogP contribution in [0.5, 0.6) is 0 Å². The minimum Gasteiger partial charge on any atom is -0.399 e. The Morgan fingerprint density at radius 3 is 2.08 bits per heavy atom. The maximum atomic E-state index is 12.4. The van der Waals surface area contributed by atoms with Crippen LogP contribution in [0.25, 0.3) is 0 Å². The first-order chi connectivity index (χ1) is 6.15. The number of nitrogen functional groups attached to an aromatic ring is 1. The zero-order chi connectivity index (χ0) is 9.47. The summed E-state index contributed by atoms with van der Waals surface area (Å²) < 4.78 is 24.9. The third-order valence-electron chi connectivity index (χ3n) is 1.96. The highest BCUT2D eigenvalue weighted by Gasteiger charge is 2.51. The van der Waals surface area contributed by atoms with Crippen LogP contribution < -0.4 is 5.73 Å². The topological polar surface area (TPSA) is 50.7 Å². The fourth-order valence-electron chi connectivity index (χ4n) is 1.11. The molecule has 1 heterocycles. The van der Waals surface area contributed by atoms with Crippen molar-refractivity contribution in [2.24, 2.45) is 10.2 Å². The number of benzene rings is 1. The molecule has 1 aromatic carbocycles. The average molecular weight is 183 g/mol. The molecule has 3 nitrogen and oxygen atoms in total. The summed E-state index contributed by atoms with van der Waals surface area (Å²) >= 11 is 0. The van der Waals surface area contributed by atoms with E-state index in [0.717, 1.165) is 0 Å². The highest BCUT2D eigenvalue weighted by atomic mass is 19.3. The third-order valence-corrected chi connectivity index (χ3v) is 1.96. The van der Waals surface area contributed by atoms with Crippen LogP contribution in [0.4, 0.5) is 14.5 Å². The molecule has 0 aromatic heterocycles. The van der Waals surface area contributed by atoms with Gasteiger partial charge in [-0.1, -0.05) is 12.1 Å². The normalized spacial score (nSPS) is 17.8. The summed E-state index contributed by atoms with van der Waals surface area (Å²) in [5, 5.41) is 6.73. The maximum absolute atomic E-state index is 12.4. The summed E-state index contributed by atoms with van der Waals surface area (Å²) in [5.74, 6) is 0. The van der Waals surface area contributed by atoms with Crippen LogP contribution in [-0.2, 0) is 5.66 Å². The molecule has 0 fully saturated rings. The van der Waals surface area contributed by atoms with Crippen molar-refractivity contribution in [2.45, 2.75) is 12.1 Å². The quantitative estimate of drug-likeness (QED) is 0.701. The van der Waals surface area contributed by atoms with E-state index in [-0.39, 0.29) is 0 Å². The van der Waals surface area contributed by atoms with Crippen molar-refractivity contribution in [1.82, 2.24) is 0 Å². The van der Waals surface area contributed by atoms with E-state index in [1.165, 1.54) is 12.1 Å². The van der Waals surface area contributed by atoms with E-state index < -0.39 is 12.1 Å². The van der Waals surface area contributed by atoms with Crippen molar-refractivity contribution in [1.29, 1.82) is 0 Å². The number of hydrogen-bond donors (Lipinski definition) is 1. The largest absolute Gasteiger partial charge is 0.399 e. The lowest BCUT2D eigenvalue weighted by Crippen LogP contribution is -2.18. The Labute approximate surface area is 73.3 Å². The van der Waals surface area contributed by atoms with Crippen molar-refractivity contribution >= 4 is 5.69 Å². The summed E-state index contributed by atoms with van der Waals surface area (Å²) in [5.41, 5.74) is 4.74. The van der Waals surface area contributed by atoms with Gasteiger partial charge in [0.2, 0.25) is 0 Å². The number of alkyl halides is 2. The average Bonchev–Trinajstić information content (AvgIpc) is 2.86. The van der Waals surface area contributed by atoms with Gasteiger partial charge in [-0.05, 0) is 12.1 Å². The predicted molar refractivity (Wildman–Crippen MR) is 43.4 cm³/mol. The van der Waals surface area contributed by atoms with Gasteiger partial charge in [0, 0.05) is 11.3 Å². The molecule has 1 aromatic rings. The number of hydrogen-bond acceptors (Lipinski definition) is 3. The van der Waals surface area contributed by atoms with Gasteiger partial charge >= 0.3 is 0 Å². The highest BCUT2D eigenvalue weighted by molar-refractivity contribution is 5.42. The molecule has 0 saturated carbocycles. The van der Waals surface area contributed by atoms with Gasteiger partial charge in [0.1, 0.15) is 0 Å². The molecule has 68 valence electrons. The first-order valence-electron chi connectivity index (χ1n) is 3.73. The summed E-state index contributed by atoms with van der Waals surface area (Å²) in [4.78, 5) is 0. The van der Waals surface area contributed by atoms with Crippen LogP contribution in [0.3, 0.4) is 0 Å². The van der Waals surface area contributed by atoms with Crippen LogP contribution >= 0.6 is 0 Å². The maximum Gasteiger partial charge on any atom is 0.291 e. The second-order valence-electron chi connectivity index (χ2n) is 2.85. The van der Waals surface area contributed by atoms with E-state index in [0.29, 0.717) is 11.3 Å². The highest BCUT2D eigenvalue weighted by Crippen LogP contribution is 2.44.